The van der Waals surface area contributed by atoms with Crippen molar-refractivity contribution in [3.05, 3.63) is 75.3 Å². The van der Waals surface area contributed by atoms with E-state index in [0.717, 1.165) is 17.5 Å². The summed E-state index contributed by atoms with van der Waals surface area (Å²) in [5.74, 6) is 0.462. The lowest BCUT2D eigenvalue weighted by Gasteiger charge is -2.24. The van der Waals surface area contributed by atoms with Gasteiger partial charge in [0, 0.05) is 12.0 Å². The smallest absolute Gasteiger partial charge is 0.122 e. The number of aromatic hydroxyl groups is 1. The van der Waals surface area contributed by atoms with Crippen LogP contribution in [0.25, 0.3) is 10.8 Å². The maximum Gasteiger partial charge on any atom is 0.122 e. The minimum atomic E-state index is 0.462. The van der Waals surface area contributed by atoms with Crippen molar-refractivity contribution in [2.75, 3.05) is 0 Å². The number of hydrogen-bond donors (Lipinski definition) is 1. The maximum atomic E-state index is 10.8. The van der Waals surface area contributed by atoms with Gasteiger partial charge >= 0.3 is 0 Å². The van der Waals surface area contributed by atoms with Crippen LogP contribution in [0.2, 0.25) is 0 Å². The number of hydrogen-bond acceptors (Lipinski definition) is 1. The van der Waals surface area contributed by atoms with E-state index in [4.69, 9.17) is 0 Å². The third-order valence-electron chi connectivity index (χ3n) is 5.98. The number of aryl methyl sites for hydroxylation is 3. The number of benzene rings is 3. The van der Waals surface area contributed by atoms with Gasteiger partial charge in [0.15, 0.2) is 0 Å². The first kappa shape index (κ1) is 16.2. The molecule has 0 heterocycles. The molecule has 0 saturated carbocycles. The van der Waals surface area contributed by atoms with Gasteiger partial charge in [0.05, 0.1) is 0 Å². The maximum absolute atomic E-state index is 10.8. The molecule has 0 spiro atoms. The van der Waals surface area contributed by atoms with E-state index in [1.54, 1.807) is 5.56 Å². The highest BCUT2D eigenvalue weighted by atomic mass is 16.3. The number of phenols is 1. The summed E-state index contributed by atoms with van der Waals surface area (Å²) in [5, 5.41) is 13.2. The van der Waals surface area contributed by atoms with E-state index in [2.05, 4.69) is 50.2 Å². The number of rotatable bonds is 2. The van der Waals surface area contributed by atoms with Crippen LogP contribution in [-0.4, -0.2) is 5.11 Å². The Balaban J connectivity index is 1.94. The van der Waals surface area contributed by atoms with Crippen LogP contribution in [0.15, 0.2) is 36.4 Å². The number of phenolic OH excluding ortho intramolecular Hbond substituents is 1. The lowest BCUT2D eigenvalue weighted by Crippen LogP contribution is -2.10. The fourth-order valence-electron chi connectivity index (χ4n) is 4.43. The van der Waals surface area contributed by atoms with Gasteiger partial charge in [0.1, 0.15) is 5.75 Å². The molecule has 0 fully saturated rings. The summed E-state index contributed by atoms with van der Waals surface area (Å²) < 4.78 is 0. The highest BCUT2D eigenvalue weighted by Gasteiger charge is 2.19. The highest BCUT2D eigenvalue weighted by molar-refractivity contribution is 5.89. The van der Waals surface area contributed by atoms with E-state index in [1.165, 1.54) is 58.7 Å². The Bertz CT molecular complexity index is 966. The van der Waals surface area contributed by atoms with Gasteiger partial charge in [-0.25, -0.2) is 0 Å². The second-order valence-corrected chi connectivity index (χ2v) is 7.56. The van der Waals surface area contributed by atoms with Gasteiger partial charge in [-0.05, 0) is 96.7 Å². The molecule has 0 atom stereocenters. The molecular weight excluding hydrogens is 304 g/mol. The molecule has 4 rings (SSSR count). The average Bonchev–Trinajstić information content (AvgIpc) is 2.62. The molecule has 1 aliphatic carbocycles. The van der Waals surface area contributed by atoms with Crippen molar-refractivity contribution in [1.29, 1.82) is 0 Å². The summed E-state index contributed by atoms with van der Waals surface area (Å²) in [6.45, 7) is 6.47. The zero-order valence-corrected chi connectivity index (χ0v) is 15.4. The Labute approximate surface area is 150 Å². The van der Waals surface area contributed by atoms with Crippen molar-refractivity contribution in [2.24, 2.45) is 0 Å². The molecule has 1 heteroatoms. The fraction of sp³-hybridized carbons (Fsp3) is 0.333. The normalized spacial score (nSPS) is 13.9. The minimum absolute atomic E-state index is 0.462. The van der Waals surface area contributed by atoms with Gasteiger partial charge in [0.2, 0.25) is 0 Å². The van der Waals surface area contributed by atoms with E-state index < -0.39 is 0 Å². The molecular formula is C24H26O. The van der Waals surface area contributed by atoms with Crippen molar-refractivity contribution in [3.63, 3.8) is 0 Å². The molecule has 0 amide bonds. The standard InChI is InChI=1S/C24H26O/c1-15-12-18-8-4-6-10-20(18)22(17(15)3)14-23-21-11-7-5-9-19(21)13-16(2)24(23)25/h5,7,9,11-13,25H,4,6,8,10,14H2,1-3H3. The van der Waals surface area contributed by atoms with E-state index in [0.29, 0.717) is 5.75 Å². The van der Waals surface area contributed by atoms with Crippen LogP contribution in [0, 0.1) is 20.8 Å². The van der Waals surface area contributed by atoms with E-state index in [9.17, 15) is 5.11 Å². The Kier molecular flexibility index (Phi) is 4.03. The van der Waals surface area contributed by atoms with Gasteiger partial charge in [-0.3, -0.25) is 0 Å². The molecule has 3 aromatic rings. The van der Waals surface area contributed by atoms with Crippen molar-refractivity contribution in [1.82, 2.24) is 0 Å². The molecule has 0 unspecified atom stereocenters. The first-order valence-corrected chi connectivity index (χ1v) is 9.37. The Morgan fingerprint density at radius 3 is 2.48 bits per heavy atom. The van der Waals surface area contributed by atoms with E-state index >= 15 is 0 Å². The zero-order chi connectivity index (χ0) is 17.6. The van der Waals surface area contributed by atoms with Gasteiger partial charge in [0.25, 0.3) is 0 Å². The van der Waals surface area contributed by atoms with Gasteiger partial charge in [-0.15, -0.1) is 0 Å². The summed E-state index contributed by atoms with van der Waals surface area (Å²) in [4.78, 5) is 0. The first-order chi connectivity index (χ1) is 12.1. The highest BCUT2D eigenvalue weighted by Crippen LogP contribution is 2.36. The molecule has 128 valence electrons. The third-order valence-corrected chi connectivity index (χ3v) is 5.98. The summed E-state index contributed by atoms with van der Waals surface area (Å²) in [5.41, 5.74) is 9.34. The Morgan fingerprint density at radius 2 is 1.64 bits per heavy atom. The molecule has 0 aliphatic heterocycles. The molecule has 1 aliphatic rings. The van der Waals surface area contributed by atoms with Crippen LogP contribution < -0.4 is 0 Å². The van der Waals surface area contributed by atoms with Crippen molar-refractivity contribution in [3.8, 4) is 5.75 Å². The van der Waals surface area contributed by atoms with Crippen LogP contribution in [0.4, 0.5) is 0 Å². The lowest BCUT2D eigenvalue weighted by atomic mass is 9.81. The minimum Gasteiger partial charge on any atom is -0.507 e. The van der Waals surface area contributed by atoms with Crippen LogP contribution >= 0.6 is 0 Å². The Morgan fingerprint density at radius 1 is 0.880 bits per heavy atom. The predicted octanol–water partition coefficient (Wildman–Crippen LogP) is 5.94. The topological polar surface area (TPSA) is 20.2 Å². The van der Waals surface area contributed by atoms with E-state index in [-0.39, 0.29) is 0 Å². The predicted molar refractivity (Wildman–Crippen MR) is 106 cm³/mol. The SMILES string of the molecule is Cc1cc2c(c(Cc3c(O)c(C)cc4ccccc34)c1C)CCCC2. The molecule has 0 saturated heterocycles. The molecule has 0 bridgehead atoms. The molecule has 1 N–H and O–H groups in total. The third kappa shape index (κ3) is 2.72. The molecule has 3 aromatic carbocycles. The summed E-state index contributed by atoms with van der Waals surface area (Å²) in [6, 6.07) is 12.9. The molecule has 1 nitrogen and oxygen atoms in total. The van der Waals surface area contributed by atoms with Crippen molar-refractivity contribution < 1.29 is 5.11 Å². The molecule has 0 aromatic heterocycles. The van der Waals surface area contributed by atoms with E-state index in [1.807, 2.05) is 6.92 Å². The lowest BCUT2D eigenvalue weighted by molar-refractivity contribution is 0.466. The molecule has 25 heavy (non-hydrogen) atoms. The van der Waals surface area contributed by atoms with Crippen LogP contribution in [0.1, 0.15) is 51.8 Å². The summed E-state index contributed by atoms with van der Waals surface area (Å²) >= 11 is 0. The van der Waals surface area contributed by atoms with Gasteiger partial charge in [-0.2, -0.15) is 0 Å². The summed E-state index contributed by atoms with van der Waals surface area (Å²) in [7, 11) is 0. The Hall–Kier alpha value is -2.28. The molecule has 0 radical (unpaired) electrons. The van der Waals surface area contributed by atoms with Crippen molar-refractivity contribution >= 4 is 10.8 Å². The first-order valence-electron chi connectivity index (χ1n) is 9.37. The van der Waals surface area contributed by atoms with Crippen molar-refractivity contribution in [2.45, 2.75) is 52.9 Å². The largest absolute Gasteiger partial charge is 0.507 e. The quantitative estimate of drug-likeness (QED) is 0.616. The monoisotopic (exact) mass is 330 g/mol. The van der Waals surface area contributed by atoms with Gasteiger partial charge in [-0.1, -0.05) is 30.3 Å². The van der Waals surface area contributed by atoms with Crippen LogP contribution in [-0.2, 0) is 19.3 Å². The average molecular weight is 330 g/mol. The summed E-state index contributed by atoms with van der Waals surface area (Å²) in [6.07, 6.45) is 5.78. The fourth-order valence-corrected chi connectivity index (χ4v) is 4.43. The second kappa shape index (κ2) is 6.22. The second-order valence-electron chi connectivity index (χ2n) is 7.56. The zero-order valence-electron chi connectivity index (χ0n) is 15.4. The van der Waals surface area contributed by atoms with Crippen LogP contribution in [0.5, 0.6) is 5.75 Å². The van der Waals surface area contributed by atoms with Gasteiger partial charge < -0.3 is 5.11 Å². The van der Waals surface area contributed by atoms with Crippen LogP contribution in [0.3, 0.4) is 0 Å². The number of fused-ring (bicyclic) bond motifs is 2.